The van der Waals surface area contributed by atoms with E-state index in [1.165, 1.54) is 0 Å². The van der Waals surface area contributed by atoms with E-state index in [0.717, 1.165) is 22.2 Å². The Morgan fingerprint density at radius 2 is 2.33 bits per heavy atom. The molecule has 0 spiro atoms. The monoisotopic (exact) mass is 270 g/mol. The summed E-state index contributed by atoms with van der Waals surface area (Å²) in [4.78, 5) is 10.8. The molecule has 2 atom stereocenters. The topological polar surface area (TPSA) is 46.5 Å². The SMILES string of the molecule is COc1cccc([C@@H]2C[C@H]2C(=O)O)c1Br. The molecule has 1 aromatic carbocycles. The second kappa shape index (κ2) is 3.85. The summed E-state index contributed by atoms with van der Waals surface area (Å²) in [5.74, 6) is -0.0568. The van der Waals surface area contributed by atoms with Crippen LogP contribution in [0.1, 0.15) is 17.9 Å². The van der Waals surface area contributed by atoms with E-state index in [4.69, 9.17) is 9.84 Å². The fourth-order valence-electron chi connectivity index (χ4n) is 1.78. The Balaban J connectivity index is 2.27. The molecular formula is C11H11BrO3. The van der Waals surface area contributed by atoms with Gasteiger partial charge in [0.25, 0.3) is 0 Å². The van der Waals surface area contributed by atoms with Gasteiger partial charge in [-0.05, 0) is 39.9 Å². The number of halogens is 1. The van der Waals surface area contributed by atoms with E-state index in [9.17, 15) is 4.79 Å². The van der Waals surface area contributed by atoms with Crippen molar-refractivity contribution in [2.24, 2.45) is 5.92 Å². The van der Waals surface area contributed by atoms with Crippen LogP contribution >= 0.6 is 15.9 Å². The van der Waals surface area contributed by atoms with Gasteiger partial charge in [-0.1, -0.05) is 12.1 Å². The van der Waals surface area contributed by atoms with Gasteiger partial charge in [0.2, 0.25) is 0 Å². The molecule has 1 aliphatic carbocycles. The van der Waals surface area contributed by atoms with Gasteiger partial charge in [0.05, 0.1) is 17.5 Å². The van der Waals surface area contributed by atoms with E-state index in [2.05, 4.69) is 15.9 Å². The highest BCUT2D eigenvalue weighted by atomic mass is 79.9. The van der Waals surface area contributed by atoms with Crippen LogP contribution in [0.2, 0.25) is 0 Å². The van der Waals surface area contributed by atoms with Crippen LogP contribution in [0.25, 0.3) is 0 Å². The largest absolute Gasteiger partial charge is 0.496 e. The standard InChI is InChI=1S/C11H11BrO3/c1-15-9-4-2-3-6(10(9)12)7-5-8(7)11(13)14/h2-4,7-8H,5H2,1H3,(H,13,14)/t7-,8+/m0/s1. The molecule has 3 nitrogen and oxygen atoms in total. The lowest BCUT2D eigenvalue weighted by atomic mass is 10.1. The Hall–Kier alpha value is -1.03. The molecule has 0 heterocycles. The van der Waals surface area contributed by atoms with Crippen molar-refractivity contribution in [3.63, 3.8) is 0 Å². The third-order valence-corrected chi connectivity index (χ3v) is 3.57. The smallest absolute Gasteiger partial charge is 0.307 e. The predicted octanol–water partition coefficient (Wildman–Crippen LogP) is 2.65. The van der Waals surface area contributed by atoms with Crippen LogP contribution in [0.3, 0.4) is 0 Å². The number of methoxy groups -OCH3 is 1. The van der Waals surface area contributed by atoms with Crippen LogP contribution < -0.4 is 4.74 Å². The zero-order valence-corrected chi connectivity index (χ0v) is 9.82. The highest BCUT2D eigenvalue weighted by molar-refractivity contribution is 9.10. The molecule has 1 saturated carbocycles. The number of carbonyl (C=O) groups is 1. The van der Waals surface area contributed by atoms with Gasteiger partial charge in [-0.2, -0.15) is 0 Å². The van der Waals surface area contributed by atoms with E-state index in [-0.39, 0.29) is 11.8 Å². The number of aliphatic carboxylic acids is 1. The van der Waals surface area contributed by atoms with E-state index < -0.39 is 5.97 Å². The van der Waals surface area contributed by atoms with E-state index in [0.29, 0.717) is 0 Å². The van der Waals surface area contributed by atoms with Crippen molar-refractivity contribution in [1.29, 1.82) is 0 Å². The first-order valence-corrected chi connectivity index (χ1v) is 5.49. The Labute approximate surface area is 96.2 Å². The molecule has 2 rings (SSSR count). The number of rotatable bonds is 3. The maximum atomic E-state index is 10.8. The van der Waals surface area contributed by atoms with Crippen molar-refractivity contribution in [3.05, 3.63) is 28.2 Å². The molecule has 0 aliphatic heterocycles. The minimum absolute atomic E-state index is 0.131. The predicted molar refractivity (Wildman–Crippen MR) is 59.2 cm³/mol. The average Bonchev–Trinajstić information content (AvgIpc) is 2.98. The molecule has 0 saturated heterocycles. The van der Waals surface area contributed by atoms with Gasteiger partial charge in [0.1, 0.15) is 5.75 Å². The lowest BCUT2D eigenvalue weighted by molar-refractivity contribution is -0.138. The maximum Gasteiger partial charge on any atom is 0.307 e. The quantitative estimate of drug-likeness (QED) is 0.919. The maximum absolute atomic E-state index is 10.8. The third kappa shape index (κ3) is 1.86. The Morgan fingerprint density at radius 3 is 2.87 bits per heavy atom. The number of carboxylic acid groups (broad SMARTS) is 1. The summed E-state index contributed by atoms with van der Waals surface area (Å²) >= 11 is 3.44. The molecule has 4 heteroatoms. The molecule has 0 radical (unpaired) electrons. The first-order valence-electron chi connectivity index (χ1n) is 4.70. The molecule has 1 aromatic rings. The number of ether oxygens (including phenoxy) is 1. The van der Waals surface area contributed by atoms with Gasteiger partial charge in [0, 0.05) is 0 Å². The zero-order chi connectivity index (χ0) is 11.0. The van der Waals surface area contributed by atoms with Crippen molar-refractivity contribution in [2.45, 2.75) is 12.3 Å². The van der Waals surface area contributed by atoms with Gasteiger partial charge in [-0.25, -0.2) is 0 Å². The molecular weight excluding hydrogens is 260 g/mol. The van der Waals surface area contributed by atoms with Crippen molar-refractivity contribution >= 4 is 21.9 Å². The lowest BCUT2D eigenvalue weighted by Crippen LogP contribution is -1.99. The number of carboxylic acids is 1. The van der Waals surface area contributed by atoms with Crippen molar-refractivity contribution in [1.82, 2.24) is 0 Å². The molecule has 0 aromatic heterocycles. The number of benzene rings is 1. The molecule has 0 bridgehead atoms. The van der Waals surface area contributed by atoms with Crippen LogP contribution in [0.5, 0.6) is 5.75 Å². The summed E-state index contributed by atoms with van der Waals surface area (Å²) in [6.45, 7) is 0. The minimum Gasteiger partial charge on any atom is -0.496 e. The van der Waals surface area contributed by atoms with Gasteiger partial charge >= 0.3 is 5.97 Å². The van der Waals surface area contributed by atoms with E-state index in [1.54, 1.807) is 7.11 Å². The van der Waals surface area contributed by atoms with Crippen LogP contribution in [0.15, 0.2) is 22.7 Å². The molecule has 1 N–H and O–H groups in total. The van der Waals surface area contributed by atoms with Gasteiger partial charge < -0.3 is 9.84 Å². The summed E-state index contributed by atoms with van der Waals surface area (Å²) in [5, 5.41) is 8.86. The molecule has 1 aliphatic rings. The third-order valence-electron chi connectivity index (χ3n) is 2.72. The Bertz CT molecular complexity index is 403. The highest BCUT2D eigenvalue weighted by Gasteiger charge is 2.45. The Kier molecular flexibility index (Phi) is 2.69. The van der Waals surface area contributed by atoms with Gasteiger partial charge in [-0.3, -0.25) is 4.79 Å². The summed E-state index contributed by atoms with van der Waals surface area (Å²) in [6, 6.07) is 5.68. The van der Waals surface area contributed by atoms with Crippen LogP contribution in [0, 0.1) is 5.92 Å². The summed E-state index contributed by atoms with van der Waals surface area (Å²) in [5.41, 5.74) is 1.03. The van der Waals surface area contributed by atoms with E-state index >= 15 is 0 Å². The molecule has 0 unspecified atom stereocenters. The molecule has 0 amide bonds. The molecule has 80 valence electrons. The van der Waals surface area contributed by atoms with Crippen LogP contribution in [-0.4, -0.2) is 18.2 Å². The van der Waals surface area contributed by atoms with Crippen molar-refractivity contribution in [3.8, 4) is 5.75 Å². The number of hydrogen-bond acceptors (Lipinski definition) is 2. The summed E-state index contributed by atoms with van der Waals surface area (Å²) < 4.78 is 6.04. The lowest BCUT2D eigenvalue weighted by Gasteiger charge is -2.07. The second-order valence-corrected chi connectivity index (χ2v) is 4.44. The average molecular weight is 271 g/mol. The fourth-order valence-corrected chi connectivity index (χ4v) is 2.50. The molecule has 15 heavy (non-hydrogen) atoms. The Morgan fingerprint density at radius 1 is 1.60 bits per heavy atom. The first kappa shape index (κ1) is 10.5. The van der Waals surface area contributed by atoms with Crippen LogP contribution in [-0.2, 0) is 4.79 Å². The van der Waals surface area contributed by atoms with Crippen molar-refractivity contribution < 1.29 is 14.6 Å². The summed E-state index contributed by atoms with van der Waals surface area (Å²) in [6.07, 6.45) is 0.723. The van der Waals surface area contributed by atoms with E-state index in [1.807, 2.05) is 18.2 Å². The van der Waals surface area contributed by atoms with Gasteiger partial charge in [0.15, 0.2) is 0 Å². The zero-order valence-electron chi connectivity index (χ0n) is 8.24. The fraction of sp³-hybridized carbons (Fsp3) is 0.364. The van der Waals surface area contributed by atoms with Crippen molar-refractivity contribution in [2.75, 3.05) is 7.11 Å². The van der Waals surface area contributed by atoms with Crippen LogP contribution in [0.4, 0.5) is 0 Å². The minimum atomic E-state index is -0.713. The van der Waals surface area contributed by atoms with Gasteiger partial charge in [-0.15, -0.1) is 0 Å². The first-order chi connectivity index (χ1) is 7.15. The summed E-state index contributed by atoms with van der Waals surface area (Å²) in [7, 11) is 1.60. The number of hydrogen-bond donors (Lipinski definition) is 1. The second-order valence-electron chi connectivity index (χ2n) is 3.65. The normalized spacial score (nSPS) is 23.6. The molecule has 1 fully saturated rings. The highest BCUT2D eigenvalue weighted by Crippen LogP contribution is 2.51.